The van der Waals surface area contributed by atoms with E-state index in [0.717, 1.165) is 19.0 Å². The van der Waals surface area contributed by atoms with Gasteiger partial charge in [-0.2, -0.15) is 0 Å². The van der Waals surface area contributed by atoms with Crippen molar-refractivity contribution in [3.05, 3.63) is 35.9 Å². The van der Waals surface area contributed by atoms with Crippen LogP contribution in [0.25, 0.3) is 0 Å². The van der Waals surface area contributed by atoms with Crippen molar-refractivity contribution in [2.75, 3.05) is 13.6 Å². The van der Waals surface area contributed by atoms with Crippen LogP contribution in [0.1, 0.15) is 38.2 Å². The van der Waals surface area contributed by atoms with Crippen LogP contribution in [-0.2, 0) is 6.54 Å². The van der Waals surface area contributed by atoms with Crippen molar-refractivity contribution < 1.29 is 0 Å². The van der Waals surface area contributed by atoms with Crippen molar-refractivity contribution in [3.8, 4) is 0 Å². The van der Waals surface area contributed by atoms with Crippen LogP contribution in [0.5, 0.6) is 0 Å². The predicted octanol–water partition coefficient (Wildman–Crippen LogP) is 3.27. The molecule has 2 N–H and O–H groups in total. The zero-order valence-electron chi connectivity index (χ0n) is 12.4. The van der Waals surface area contributed by atoms with Gasteiger partial charge in [0.25, 0.3) is 0 Å². The second-order valence-electron chi connectivity index (χ2n) is 6.05. The van der Waals surface area contributed by atoms with Gasteiger partial charge in [-0.15, -0.1) is 0 Å². The number of hydrogen-bond acceptors (Lipinski definition) is 2. The molecule has 0 aliphatic heterocycles. The monoisotopic (exact) mass is 260 g/mol. The Kier molecular flexibility index (Phi) is 5.41. The van der Waals surface area contributed by atoms with Gasteiger partial charge in [-0.05, 0) is 43.8 Å². The minimum absolute atomic E-state index is 0.656. The molecule has 0 saturated heterocycles. The minimum atomic E-state index is 0.656. The second kappa shape index (κ2) is 7.06. The summed E-state index contributed by atoms with van der Waals surface area (Å²) in [4.78, 5) is 2.52. The summed E-state index contributed by atoms with van der Waals surface area (Å²) in [5.74, 6) is 1.57. The van der Waals surface area contributed by atoms with Gasteiger partial charge in [-0.1, -0.05) is 50.1 Å². The van der Waals surface area contributed by atoms with Crippen molar-refractivity contribution in [3.63, 3.8) is 0 Å². The first-order valence-corrected chi connectivity index (χ1v) is 7.68. The second-order valence-corrected chi connectivity index (χ2v) is 6.05. The topological polar surface area (TPSA) is 29.3 Å². The Morgan fingerprint density at radius 2 is 1.95 bits per heavy atom. The standard InChI is InChI=1S/C17H28N2/c1-3-14-9-10-16(12-18)17(11-14)19(2)13-15-7-5-4-6-8-15/h4-8,14,16-17H,3,9-13,18H2,1-2H3. The van der Waals surface area contributed by atoms with Gasteiger partial charge in [0, 0.05) is 12.6 Å². The molecule has 0 bridgehead atoms. The SMILES string of the molecule is CCC1CCC(CN)C(N(C)Cc2ccccc2)C1. The third-order valence-corrected chi connectivity index (χ3v) is 4.79. The molecule has 3 unspecified atom stereocenters. The number of nitrogens with zero attached hydrogens (tertiary/aromatic N) is 1. The van der Waals surface area contributed by atoms with Gasteiger partial charge in [-0.25, -0.2) is 0 Å². The summed E-state index contributed by atoms with van der Waals surface area (Å²) in [6.45, 7) is 4.19. The molecule has 0 heterocycles. The normalized spacial score (nSPS) is 27.7. The van der Waals surface area contributed by atoms with Gasteiger partial charge in [0.15, 0.2) is 0 Å². The first kappa shape index (κ1) is 14.5. The number of nitrogens with two attached hydrogens (primary N) is 1. The van der Waals surface area contributed by atoms with Crippen molar-refractivity contribution in [2.45, 2.75) is 45.2 Å². The lowest BCUT2D eigenvalue weighted by Crippen LogP contribution is -2.44. The van der Waals surface area contributed by atoms with Crippen LogP contribution in [0.4, 0.5) is 0 Å². The Morgan fingerprint density at radius 1 is 1.21 bits per heavy atom. The maximum Gasteiger partial charge on any atom is 0.0233 e. The Balaban J connectivity index is 2.00. The van der Waals surface area contributed by atoms with E-state index < -0.39 is 0 Å². The van der Waals surface area contributed by atoms with Crippen molar-refractivity contribution in [1.82, 2.24) is 4.90 Å². The highest BCUT2D eigenvalue weighted by Gasteiger charge is 2.31. The lowest BCUT2D eigenvalue weighted by atomic mass is 9.76. The lowest BCUT2D eigenvalue weighted by molar-refractivity contribution is 0.0965. The van der Waals surface area contributed by atoms with Crippen LogP contribution in [-0.4, -0.2) is 24.5 Å². The molecule has 1 saturated carbocycles. The molecule has 1 aromatic rings. The molecule has 1 aromatic carbocycles. The van der Waals surface area contributed by atoms with Gasteiger partial charge in [-0.3, -0.25) is 4.90 Å². The molecular weight excluding hydrogens is 232 g/mol. The van der Waals surface area contributed by atoms with Crippen molar-refractivity contribution >= 4 is 0 Å². The van der Waals surface area contributed by atoms with E-state index >= 15 is 0 Å². The fraction of sp³-hybridized carbons (Fsp3) is 0.647. The van der Waals surface area contributed by atoms with Gasteiger partial charge in [0.05, 0.1) is 0 Å². The van der Waals surface area contributed by atoms with E-state index in [9.17, 15) is 0 Å². The zero-order chi connectivity index (χ0) is 13.7. The Morgan fingerprint density at radius 3 is 2.58 bits per heavy atom. The van der Waals surface area contributed by atoms with Crippen molar-refractivity contribution in [2.24, 2.45) is 17.6 Å². The van der Waals surface area contributed by atoms with Crippen molar-refractivity contribution in [1.29, 1.82) is 0 Å². The fourth-order valence-corrected chi connectivity index (χ4v) is 3.47. The van der Waals surface area contributed by atoms with Crippen LogP contribution < -0.4 is 5.73 Å². The zero-order valence-corrected chi connectivity index (χ0v) is 12.4. The average Bonchev–Trinajstić information content (AvgIpc) is 2.47. The first-order valence-electron chi connectivity index (χ1n) is 7.68. The molecule has 3 atom stereocenters. The van der Waals surface area contributed by atoms with Crippen LogP contribution in [0.15, 0.2) is 30.3 Å². The molecule has 1 fully saturated rings. The van der Waals surface area contributed by atoms with E-state index in [0.29, 0.717) is 12.0 Å². The smallest absolute Gasteiger partial charge is 0.0233 e. The predicted molar refractivity (Wildman–Crippen MR) is 81.9 cm³/mol. The first-order chi connectivity index (χ1) is 9.24. The van der Waals surface area contributed by atoms with Gasteiger partial charge in [0.2, 0.25) is 0 Å². The number of rotatable bonds is 5. The molecule has 0 aromatic heterocycles. The summed E-state index contributed by atoms with van der Waals surface area (Å²) in [7, 11) is 2.26. The Hall–Kier alpha value is -0.860. The summed E-state index contributed by atoms with van der Waals surface area (Å²) < 4.78 is 0. The van der Waals surface area contributed by atoms with Crippen LogP contribution in [0.2, 0.25) is 0 Å². The summed E-state index contributed by atoms with van der Waals surface area (Å²) >= 11 is 0. The van der Waals surface area contributed by atoms with E-state index in [2.05, 4.69) is 49.2 Å². The van der Waals surface area contributed by atoms with Gasteiger partial charge in [0.1, 0.15) is 0 Å². The Labute approximate surface area is 118 Å². The largest absolute Gasteiger partial charge is 0.330 e. The average molecular weight is 260 g/mol. The summed E-state index contributed by atoms with van der Waals surface area (Å²) in [5.41, 5.74) is 7.39. The summed E-state index contributed by atoms with van der Waals surface area (Å²) in [5, 5.41) is 0. The van der Waals surface area contributed by atoms with Crippen LogP contribution in [0.3, 0.4) is 0 Å². The maximum atomic E-state index is 5.99. The van der Waals surface area contributed by atoms with E-state index in [4.69, 9.17) is 5.73 Å². The van der Waals surface area contributed by atoms with E-state index in [-0.39, 0.29) is 0 Å². The Bertz CT molecular complexity index is 363. The van der Waals surface area contributed by atoms with Gasteiger partial charge < -0.3 is 5.73 Å². The molecule has 0 radical (unpaired) electrons. The minimum Gasteiger partial charge on any atom is -0.330 e. The van der Waals surface area contributed by atoms with Crippen LogP contribution in [0, 0.1) is 11.8 Å². The van der Waals surface area contributed by atoms with E-state index in [1.165, 1.54) is 31.2 Å². The van der Waals surface area contributed by atoms with Crippen LogP contribution >= 0.6 is 0 Å². The third kappa shape index (κ3) is 3.80. The highest BCUT2D eigenvalue weighted by molar-refractivity contribution is 5.14. The molecule has 2 heteroatoms. The molecular formula is C17H28N2. The molecule has 2 rings (SSSR count). The fourth-order valence-electron chi connectivity index (χ4n) is 3.47. The summed E-state index contributed by atoms with van der Waals surface area (Å²) in [6.07, 6.45) is 5.31. The van der Waals surface area contributed by atoms with Gasteiger partial charge >= 0.3 is 0 Å². The summed E-state index contributed by atoms with van der Waals surface area (Å²) in [6, 6.07) is 11.4. The van der Waals surface area contributed by atoms with E-state index in [1.54, 1.807) is 0 Å². The highest BCUT2D eigenvalue weighted by Crippen LogP contribution is 2.33. The third-order valence-electron chi connectivity index (χ3n) is 4.79. The maximum absolute atomic E-state index is 5.99. The highest BCUT2D eigenvalue weighted by atomic mass is 15.1. The molecule has 1 aliphatic rings. The molecule has 2 nitrogen and oxygen atoms in total. The molecule has 106 valence electrons. The molecule has 19 heavy (non-hydrogen) atoms. The quantitative estimate of drug-likeness (QED) is 0.880. The lowest BCUT2D eigenvalue weighted by Gasteiger charge is -2.41. The van der Waals surface area contributed by atoms with E-state index in [1.807, 2.05) is 0 Å². The molecule has 1 aliphatic carbocycles. The molecule has 0 spiro atoms. The molecule has 0 amide bonds. The number of hydrogen-bond donors (Lipinski definition) is 1. The number of benzene rings is 1.